The van der Waals surface area contributed by atoms with Gasteiger partial charge in [0.25, 0.3) is 5.91 Å². The average Bonchev–Trinajstić information content (AvgIpc) is 2.82. The summed E-state index contributed by atoms with van der Waals surface area (Å²) < 4.78 is 10.3. The van der Waals surface area contributed by atoms with Crippen LogP contribution < -0.4 is 0 Å². The molecule has 21 heavy (non-hydrogen) atoms. The van der Waals surface area contributed by atoms with Crippen molar-refractivity contribution in [3.63, 3.8) is 0 Å². The summed E-state index contributed by atoms with van der Waals surface area (Å²) in [5.74, 6) is -0.498. The zero-order valence-corrected chi connectivity index (χ0v) is 13.0. The quantitative estimate of drug-likeness (QED) is 0.858. The molecule has 2 rings (SSSR count). The number of hydrogen-bond donors (Lipinski definition) is 1. The molecule has 0 aromatic carbocycles. The fourth-order valence-electron chi connectivity index (χ4n) is 2.68. The molecule has 0 radical (unpaired) electrons. The Hall–Kier alpha value is -1.82. The van der Waals surface area contributed by atoms with Crippen LogP contribution in [-0.4, -0.2) is 54.7 Å². The minimum atomic E-state index is -0.407. The molecule has 6 nitrogen and oxygen atoms in total. The Kier molecular flexibility index (Phi) is 4.67. The molecule has 6 heteroatoms. The van der Waals surface area contributed by atoms with Gasteiger partial charge in [-0.3, -0.25) is 4.79 Å². The van der Waals surface area contributed by atoms with Gasteiger partial charge in [-0.1, -0.05) is 6.92 Å². The third-order valence-corrected chi connectivity index (χ3v) is 3.81. The number of amides is 1. The molecule has 1 amide bonds. The van der Waals surface area contributed by atoms with Gasteiger partial charge in [0.2, 0.25) is 0 Å². The molecule has 2 heterocycles. The van der Waals surface area contributed by atoms with Crippen molar-refractivity contribution in [2.24, 2.45) is 0 Å². The number of nitrogens with one attached hydrogen (secondary N) is 1. The summed E-state index contributed by atoms with van der Waals surface area (Å²) in [6.07, 6.45) is 0.668. The van der Waals surface area contributed by atoms with E-state index in [1.165, 1.54) is 7.11 Å². The normalized spacial score (nSPS) is 18.7. The zero-order chi connectivity index (χ0) is 15.6. The second-order valence-corrected chi connectivity index (χ2v) is 5.26. The molecule has 1 saturated heterocycles. The highest BCUT2D eigenvalue weighted by molar-refractivity contribution is 6.00. The van der Waals surface area contributed by atoms with Gasteiger partial charge in [0.05, 0.1) is 25.4 Å². The molecular weight excluding hydrogens is 272 g/mol. The number of aromatic amines is 1. The maximum absolute atomic E-state index is 12.6. The fourth-order valence-corrected chi connectivity index (χ4v) is 2.68. The number of morpholine rings is 1. The largest absolute Gasteiger partial charge is 0.465 e. The van der Waals surface area contributed by atoms with Crippen LogP contribution in [0.1, 0.15) is 46.0 Å². The number of aromatic nitrogens is 1. The van der Waals surface area contributed by atoms with E-state index in [1.807, 2.05) is 13.8 Å². The van der Waals surface area contributed by atoms with E-state index in [0.717, 1.165) is 5.69 Å². The Morgan fingerprint density at radius 2 is 2.19 bits per heavy atom. The topological polar surface area (TPSA) is 71.6 Å². The minimum absolute atomic E-state index is 0.0312. The van der Waals surface area contributed by atoms with E-state index in [4.69, 9.17) is 9.47 Å². The van der Waals surface area contributed by atoms with Gasteiger partial charge >= 0.3 is 5.97 Å². The third kappa shape index (κ3) is 2.95. The van der Waals surface area contributed by atoms with Crippen LogP contribution >= 0.6 is 0 Å². The van der Waals surface area contributed by atoms with E-state index in [0.29, 0.717) is 42.9 Å². The van der Waals surface area contributed by atoms with E-state index in [9.17, 15) is 9.59 Å². The lowest BCUT2D eigenvalue weighted by Crippen LogP contribution is -2.44. The molecule has 1 atom stereocenters. The molecule has 116 valence electrons. The van der Waals surface area contributed by atoms with Gasteiger partial charge in [0, 0.05) is 18.8 Å². The van der Waals surface area contributed by atoms with Crippen LogP contribution in [0.25, 0.3) is 0 Å². The Labute approximate surface area is 124 Å². The van der Waals surface area contributed by atoms with Gasteiger partial charge in [-0.2, -0.15) is 0 Å². The summed E-state index contributed by atoms with van der Waals surface area (Å²) in [4.78, 5) is 29.4. The molecule has 1 unspecified atom stereocenters. The molecule has 1 aromatic heterocycles. The van der Waals surface area contributed by atoms with Crippen molar-refractivity contribution in [2.75, 3.05) is 26.8 Å². The predicted octanol–water partition coefficient (Wildman–Crippen LogP) is 1.53. The van der Waals surface area contributed by atoms with Crippen LogP contribution in [0.3, 0.4) is 0 Å². The van der Waals surface area contributed by atoms with Gasteiger partial charge in [-0.15, -0.1) is 0 Å². The number of carbonyl (C=O) groups is 2. The Morgan fingerprint density at radius 3 is 2.76 bits per heavy atom. The van der Waals surface area contributed by atoms with Crippen LogP contribution in [0, 0.1) is 6.92 Å². The summed E-state index contributed by atoms with van der Waals surface area (Å²) in [7, 11) is 1.35. The summed E-state index contributed by atoms with van der Waals surface area (Å²) in [5.41, 5.74) is 2.35. The molecule has 1 aliphatic rings. The van der Waals surface area contributed by atoms with Crippen LogP contribution in [0.15, 0.2) is 0 Å². The molecule has 0 saturated carbocycles. The SMILES string of the molecule is CCc1[nH]c(C(=O)N2CCOC(C)C2)c(C)c1C(=O)OC. The van der Waals surface area contributed by atoms with E-state index >= 15 is 0 Å². The van der Waals surface area contributed by atoms with E-state index in [1.54, 1.807) is 11.8 Å². The molecular formula is C15H22N2O4. The summed E-state index contributed by atoms with van der Waals surface area (Å²) >= 11 is 0. The number of methoxy groups -OCH3 is 1. The number of H-pyrrole nitrogens is 1. The highest BCUT2D eigenvalue weighted by Gasteiger charge is 2.28. The molecule has 1 N–H and O–H groups in total. The second-order valence-electron chi connectivity index (χ2n) is 5.26. The number of rotatable bonds is 3. The lowest BCUT2D eigenvalue weighted by Gasteiger charge is -2.31. The van der Waals surface area contributed by atoms with Gasteiger partial charge in [0.15, 0.2) is 0 Å². The Morgan fingerprint density at radius 1 is 1.48 bits per heavy atom. The first-order valence-corrected chi connectivity index (χ1v) is 7.20. The average molecular weight is 294 g/mol. The second kappa shape index (κ2) is 6.30. The van der Waals surface area contributed by atoms with Crippen molar-refractivity contribution in [1.82, 2.24) is 9.88 Å². The van der Waals surface area contributed by atoms with Crippen LogP contribution in [0.5, 0.6) is 0 Å². The molecule has 1 aliphatic heterocycles. The number of carbonyl (C=O) groups excluding carboxylic acids is 2. The van der Waals surface area contributed by atoms with Crippen LogP contribution in [0.4, 0.5) is 0 Å². The van der Waals surface area contributed by atoms with Crippen LogP contribution in [0.2, 0.25) is 0 Å². The number of ether oxygens (including phenoxy) is 2. The first-order valence-electron chi connectivity index (χ1n) is 7.20. The summed E-state index contributed by atoms with van der Waals surface area (Å²) in [6, 6.07) is 0. The zero-order valence-electron chi connectivity index (χ0n) is 13.0. The standard InChI is InChI=1S/C15H22N2O4/c1-5-11-12(15(19)20-4)10(3)13(16-11)14(18)17-6-7-21-9(2)8-17/h9,16H,5-8H2,1-4H3. The number of nitrogens with zero attached hydrogens (tertiary/aromatic N) is 1. The fraction of sp³-hybridized carbons (Fsp3) is 0.600. The van der Waals surface area contributed by atoms with Gasteiger partial charge in [-0.25, -0.2) is 4.79 Å². The third-order valence-electron chi connectivity index (χ3n) is 3.81. The van der Waals surface area contributed by atoms with Gasteiger partial charge in [0.1, 0.15) is 5.69 Å². The maximum Gasteiger partial charge on any atom is 0.339 e. The highest BCUT2D eigenvalue weighted by atomic mass is 16.5. The van der Waals surface area contributed by atoms with Crippen molar-refractivity contribution in [3.05, 3.63) is 22.5 Å². The number of aryl methyl sites for hydroxylation is 1. The number of hydrogen-bond acceptors (Lipinski definition) is 4. The molecule has 1 aromatic rings. The van der Waals surface area contributed by atoms with Crippen molar-refractivity contribution in [2.45, 2.75) is 33.3 Å². The van der Waals surface area contributed by atoms with Crippen molar-refractivity contribution < 1.29 is 19.1 Å². The first-order chi connectivity index (χ1) is 9.99. The summed E-state index contributed by atoms with van der Waals surface area (Å²) in [5, 5.41) is 0. The van der Waals surface area contributed by atoms with Crippen molar-refractivity contribution >= 4 is 11.9 Å². The molecule has 0 spiro atoms. The molecule has 0 aliphatic carbocycles. The Bertz CT molecular complexity index is 550. The summed E-state index contributed by atoms with van der Waals surface area (Å²) in [6.45, 7) is 7.32. The predicted molar refractivity (Wildman–Crippen MR) is 77.6 cm³/mol. The van der Waals surface area contributed by atoms with Crippen LogP contribution in [-0.2, 0) is 15.9 Å². The molecule has 0 bridgehead atoms. The van der Waals surface area contributed by atoms with Crippen molar-refractivity contribution in [3.8, 4) is 0 Å². The first kappa shape index (κ1) is 15.6. The monoisotopic (exact) mass is 294 g/mol. The van der Waals surface area contributed by atoms with E-state index in [-0.39, 0.29) is 12.0 Å². The maximum atomic E-state index is 12.6. The van der Waals surface area contributed by atoms with E-state index in [2.05, 4.69) is 4.98 Å². The van der Waals surface area contributed by atoms with Crippen molar-refractivity contribution in [1.29, 1.82) is 0 Å². The lowest BCUT2D eigenvalue weighted by atomic mass is 10.1. The lowest BCUT2D eigenvalue weighted by molar-refractivity contribution is -0.0126. The highest BCUT2D eigenvalue weighted by Crippen LogP contribution is 2.22. The van der Waals surface area contributed by atoms with Gasteiger partial charge < -0.3 is 19.4 Å². The van der Waals surface area contributed by atoms with E-state index < -0.39 is 5.97 Å². The molecule has 1 fully saturated rings. The smallest absolute Gasteiger partial charge is 0.339 e. The van der Waals surface area contributed by atoms with Gasteiger partial charge in [-0.05, 0) is 25.8 Å². The number of esters is 1. The Balaban J connectivity index is 2.33. The minimum Gasteiger partial charge on any atom is -0.465 e.